The van der Waals surface area contributed by atoms with Crippen molar-refractivity contribution in [2.45, 2.75) is 26.2 Å². The second kappa shape index (κ2) is 10.0. The van der Waals surface area contributed by atoms with Crippen molar-refractivity contribution >= 4 is 23.2 Å². The molecule has 7 nitrogen and oxygen atoms in total. The lowest BCUT2D eigenvalue weighted by Gasteiger charge is -2.32. The van der Waals surface area contributed by atoms with Crippen LogP contribution < -0.4 is 15.5 Å². The summed E-state index contributed by atoms with van der Waals surface area (Å²) in [4.78, 5) is 23.2. The van der Waals surface area contributed by atoms with Gasteiger partial charge in [-0.3, -0.25) is 4.79 Å². The highest BCUT2D eigenvalue weighted by Gasteiger charge is 2.16. The quantitative estimate of drug-likeness (QED) is 0.680. The minimum absolute atomic E-state index is 0.217. The fourth-order valence-electron chi connectivity index (χ4n) is 3.18. The number of hydrogen-bond donors (Lipinski definition) is 2. The van der Waals surface area contributed by atoms with E-state index in [9.17, 15) is 4.79 Å². The molecular weight excluding hydrogens is 354 g/mol. The molecule has 0 atom stereocenters. The van der Waals surface area contributed by atoms with Gasteiger partial charge in [-0.15, -0.1) is 0 Å². The summed E-state index contributed by atoms with van der Waals surface area (Å²) in [5.41, 5.74) is 2.40. The normalized spacial score (nSPS) is 14.7. The van der Waals surface area contributed by atoms with E-state index < -0.39 is 0 Å². The van der Waals surface area contributed by atoms with Crippen molar-refractivity contribution in [3.05, 3.63) is 42.2 Å². The molecule has 7 heteroatoms. The molecule has 2 heterocycles. The van der Waals surface area contributed by atoms with Gasteiger partial charge >= 0.3 is 0 Å². The molecule has 1 fully saturated rings. The second-order valence-electron chi connectivity index (χ2n) is 7.24. The van der Waals surface area contributed by atoms with Crippen LogP contribution in [-0.2, 0) is 4.74 Å². The predicted molar refractivity (Wildman–Crippen MR) is 112 cm³/mol. The Hall–Kier alpha value is -2.67. The summed E-state index contributed by atoms with van der Waals surface area (Å²) in [6.07, 6.45) is 6.40. The van der Waals surface area contributed by atoms with Gasteiger partial charge in [-0.25, -0.2) is 9.97 Å². The number of methoxy groups -OCH3 is 1. The second-order valence-corrected chi connectivity index (χ2v) is 7.24. The fourth-order valence-corrected chi connectivity index (χ4v) is 3.18. The van der Waals surface area contributed by atoms with Crippen molar-refractivity contribution in [1.82, 2.24) is 9.97 Å². The Morgan fingerprint density at radius 3 is 2.50 bits per heavy atom. The molecule has 0 radical (unpaired) electrons. The van der Waals surface area contributed by atoms with Gasteiger partial charge in [0.2, 0.25) is 5.95 Å². The molecule has 2 aromatic rings. The fraction of sp³-hybridized carbons (Fsp3) is 0.476. The number of carbonyl (C=O) groups is 1. The highest BCUT2D eigenvalue weighted by Crippen LogP contribution is 2.24. The summed E-state index contributed by atoms with van der Waals surface area (Å²) in [6, 6.07) is 8.01. The third-order valence-corrected chi connectivity index (χ3v) is 5.00. The summed E-state index contributed by atoms with van der Waals surface area (Å²) >= 11 is 0. The van der Waals surface area contributed by atoms with Crippen LogP contribution in [0.3, 0.4) is 0 Å². The first-order valence-corrected chi connectivity index (χ1v) is 9.87. The number of amides is 1. The zero-order valence-corrected chi connectivity index (χ0v) is 16.6. The number of aromatic nitrogens is 2. The molecule has 0 saturated carbocycles. The Kier molecular flexibility index (Phi) is 7.19. The summed E-state index contributed by atoms with van der Waals surface area (Å²) in [6.45, 7) is 5.90. The molecule has 2 N–H and O–H groups in total. The molecule has 1 aromatic heterocycles. The average molecular weight is 383 g/mol. The van der Waals surface area contributed by atoms with Crippen molar-refractivity contribution in [2.75, 3.05) is 48.9 Å². The molecule has 0 bridgehead atoms. The summed E-state index contributed by atoms with van der Waals surface area (Å²) in [7, 11) is 1.67. The number of ether oxygens (including phenoxy) is 1. The van der Waals surface area contributed by atoms with E-state index in [0.29, 0.717) is 18.1 Å². The van der Waals surface area contributed by atoms with Gasteiger partial charge in [-0.1, -0.05) is 6.92 Å². The molecule has 1 amide bonds. The zero-order valence-electron chi connectivity index (χ0n) is 16.6. The lowest BCUT2D eigenvalue weighted by molar-refractivity contribution is 0.102. The number of benzene rings is 1. The van der Waals surface area contributed by atoms with Crippen LogP contribution in [0.15, 0.2) is 36.7 Å². The number of anilines is 3. The SMILES string of the molecule is COCCCNc1ncc(C(=O)Nc2ccc(N3CCC(C)CC3)cc2)cn1. The van der Waals surface area contributed by atoms with E-state index in [0.717, 1.165) is 37.7 Å². The maximum Gasteiger partial charge on any atom is 0.258 e. The van der Waals surface area contributed by atoms with Gasteiger partial charge in [0.05, 0.1) is 5.56 Å². The van der Waals surface area contributed by atoms with Crippen molar-refractivity contribution < 1.29 is 9.53 Å². The number of hydrogen-bond acceptors (Lipinski definition) is 6. The first-order valence-electron chi connectivity index (χ1n) is 9.87. The number of rotatable bonds is 8. The summed E-state index contributed by atoms with van der Waals surface area (Å²) in [5.74, 6) is 1.10. The monoisotopic (exact) mass is 383 g/mol. The molecule has 1 saturated heterocycles. The Morgan fingerprint density at radius 1 is 1.18 bits per heavy atom. The van der Waals surface area contributed by atoms with Gasteiger partial charge in [-0.05, 0) is 49.4 Å². The minimum Gasteiger partial charge on any atom is -0.385 e. The zero-order chi connectivity index (χ0) is 19.8. The predicted octanol–water partition coefficient (Wildman–Crippen LogP) is 3.41. The standard InChI is InChI=1S/C21H29N5O2/c1-16-8-11-26(12-9-16)19-6-4-18(5-7-19)25-20(27)17-14-23-21(24-15-17)22-10-3-13-28-2/h4-7,14-16H,3,8-13H2,1-2H3,(H,25,27)(H,22,23,24). The number of piperidine rings is 1. The van der Waals surface area contributed by atoms with Crippen molar-refractivity contribution in [3.8, 4) is 0 Å². The van der Waals surface area contributed by atoms with Gasteiger partial charge in [0.1, 0.15) is 0 Å². The Balaban J connectivity index is 1.51. The van der Waals surface area contributed by atoms with Gasteiger partial charge in [0, 0.05) is 57.1 Å². The number of nitrogens with zero attached hydrogens (tertiary/aromatic N) is 3. The molecule has 150 valence electrons. The van der Waals surface area contributed by atoms with E-state index in [1.165, 1.54) is 30.9 Å². The average Bonchev–Trinajstić information content (AvgIpc) is 2.73. The first kappa shape index (κ1) is 20.1. The van der Waals surface area contributed by atoms with Crippen LogP contribution in [-0.4, -0.2) is 49.2 Å². The molecule has 0 unspecified atom stereocenters. The van der Waals surface area contributed by atoms with Gasteiger partial charge in [0.25, 0.3) is 5.91 Å². The largest absolute Gasteiger partial charge is 0.385 e. The van der Waals surface area contributed by atoms with Crippen molar-refractivity contribution in [2.24, 2.45) is 5.92 Å². The first-order chi connectivity index (χ1) is 13.7. The van der Waals surface area contributed by atoms with Crippen LogP contribution in [0.4, 0.5) is 17.3 Å². The summed E-state index contributed by atoms with van der Waals surface area (Å²) < 4.78 is 5.00. The van der Waals surface area contributed by atoms with Gasteiger partial charge < -0.3 is 20.3 Å². The van der Waals surface area contributed by atoms with Gasteiger partial charge in [-0.2, -0.15) is 0 Å². The van der Waals surface area contributed by atoms with Crippen LogP contribution in [0.25, 0.3) is 0 Å². The number of carbonyl (C=O) groups excluding carboxylic acids is 1. The van der Waals surface area contributed by atoms with E-state index in [1.54, 1.807) is 7.11 Å². The van der Waals surface area contributed by atoms with Crippen LogP contribution in [0, 0.1) is 5.92 Å². The summed E-state index contributed by atoms with van der Waals surface area (Å²) in [5, 5.41) is 6.00. The molecule has 0 aliphatic carbocycles. The maximum atomic E-state index is 12.4. The lowest BCUT2D eigenvalue weighted by Crippen LogP contribution is -2.32. The minimum atomic E-state index is -0.217. The third-order valence-electron chi connectivity index (χ3n) is 5.00. The highest BCUT2D eigenvalue weighted by atomic mass is 16.5. The van der Waals surface area contributed by atoms with Crippen LogP contribution in [0.5, 0.6) is 0 Å². The van der Waals surface area contributed by atoms with Crippen molar-refractivity contribution in [3.63, 3.8) is 0 Å². The van der Waals surface area contributed by atoms with E-state index in [2.05, 4.69) is 44.6 Å². The molecule has 28 heavy (non-hydrogen) atoms. The molecule has 3 rings (SSSR count). The topological polar surface area (TPSA) is 79.4 Å². The Labute approximate surface area is 166 Å². The lowest BCUT2D eigenvalue weighted by atomic mass is 9.99. The van der Waals surface area contributed by atoms with Crippen molar-refractivity contribution in [1.29, 1.82) is 0 Å². The van der Waals surface area contributed by atoms with Crippen LogP contribution in [0.1, 0.15) is 36.5 Å². The highest BCUT2D eigenvalue weighted by molar-refractivity contribution is 6.03. The van der Waals surface area contributed by atoms with Gasteiger partial charge in [0.15, 0.2) is 0 Å². The number of nitrogens with one attached hydrogen (secondary N) is 2. The molecular formula is C21H29N5O2. The smallest absolute Gasteiger partial charge is 0.258 e. The molecule has 1 aliphatic rings. The van der Waals surface area contributed by atoms with E-state index in [1.807, 2.05) is 12.1 Å². The van der Waals surface area contributed by atoms with Crippen LogP contribution in [0.2, 0.25) is 0 Å². The third kappa shape index (κ3) is 5.66. The van der Waals surface area contributed by atoms with E-state index in [-0.39, 0.29) is 5.91 Å². The van der Waals surface area contributed by atoms with Crippen LogP contribution >= 0.6 is 0 Å². The Morgan fingerprint density at radius 2 is 1.86 bits per heavy atom. The molecule has 1 aliphatic heterocycles. The Bertz CT molecular complexity index is 740. The van der Waals surface area contributed by atoms with E-state index >= 15 is 0 Å². The maximum absolute atomic E-state index is 12.4. The van der Waals surface area contributed by atoms with E-state index in [4.69, 9.17) is 4.74 Å². The molecule has 0 spiro atoms. The molecule has 1 aromatic carbocycles.